The van der Waals surface area contributed by atoms with Crippen LogP contribution in [0.3, 0.4) is 0 Å². The second kappa shape index (κ2) is 5.68. The molecule has 1 unspecified atom stereocenters. The smallest absolute Gasteiger partial charge is 0.255 e. The topological polar surface area (TPSA) is 33.5 Å². The number of hydrogen-bond acceptors (Lipinski definition) is 2. The van der Waals surface area contributed by atoms with Crippen molar-refractivity contribution in [2.24, 2.45) is 0 Å². The van der Waals surface area contributed by atoms with Crippen molar-refractivity contribution in [2.75, 3.05) is 0 Å². The molecule has 1 aliphatic rings. The molecule has 3 aromatic rings. The summed E-state index contributed by atoms with van der Waals surface area (Å²) < 4.78 is 5.74. The number of amides is 1. The Morgan fingerprint density at radius 2 is 1.67 bits per heavy atom. The molecular weight excluding hydrogens is 298 g/mol. The molecule has 1 aliphatic heterocycles. The van der Waals surface area contributed by atoms with E-state index in [-0.39, 0.29) is 11.9 Å². The molecule has 4 rings (SSSR count). The van der Waals surface area contributed by atoms with Gasteiger partial charge in [0.1, 0.15) is 11.5 Å². The molecule has 2 aromatic carbocycles. The van der Waals surface area contributed by atoms with E-state index < -0.39 is 0 Å². The highest BCUT2D eigenvalue weighted by Crippen LogP contribution is 2.41. The molecule has 3 heteroatoms. The summed E-state index contributed by atoms with van der Waals surface area (Å²) in [6.07, 6.45) is 0. The molecule has 0 radical (unpaired) electrons. The maximum Gasteiger partial charge on any atom is 0.255 e. The molecule has 0 fully saturated rings. The number of carbonyl (C=O) groups is 1. The summed E-state index contributed by atoms with van der Waals surface area (Å²) >= 11 is 0. The highest BCUT2D eigenvalue weighted by molar-refractivity contribution is 5.99. The average Bonchev–Trinajstić information content (AvgIpc) is 3.06. The highest BCUT2D eigenvalue weighted by Gasteiger charge is 2.38. The Labute approximate surface area is 141 Å². The first-order valence-corrected chi connectivity index (χ1v) is 8.16. The lowest BCUT2D eigenvalue weighted by Crippen LogP contribution is -2.28. The minimum atomic E-state index is -0.0913. The van der Waals surface area contributed by atoms with Gasteiger partial charge >= 0.3 is 0 Å². The van der Waals surface area contributed by atoms with Crippen LogP contribution in [0.15, 0.2) is 65.1 Å². The summed E-state index contributed by atoms with van der Waals surface area (Å²) in [5.74, 6) is 1.83. The maximum absolute atomic E-state index is 13.0. The zero-order valence-corrected chi connectivity index (χ0v) is 13.8. The normalized spacial score (nSPS) is 16.5. The highest BCUT2D eigenvalue weighted by atomic mass is 16.3. The number of hydrogen-bond donors (Lipinski definition) is 0. The summed E-state index contributed by atoms with van der Waals surface area (Å²) in [5, 5.41) is 0. The Bertz CT molecular complexity index is 895. The molecule has 0 saturated carbocycles. The number of fused-ring (bicyclic) bond motifs is 1. The van der Waals surface area contributed by atoms with Gasteiger partial charge in [0.05, 0.1) is 6.04 Å². The van der Waals surface area contributed by atoms with Crippen LogP contribution in [0.4, 0.5) is 0 Å². The molecule has 24 heavy (non-hydrogen) atoms. The number of carbonyl (C=O) groups excluding carboxylic acids is 1. The fourth-order valence-electron chi connectivity index (χ4n) is 3.57. The van der Waals surface area contributed by atoms with Crippen molar-refractivity contribution in [3.63, 3.8) is 0 Å². The predicted molar refractivity (Wildman–Crippen MR) is 92.8 cm³/mol. The minimum Gasteiger partial charge on any atom is -0.466 e. The summed E-state index contributed by atoms with van der Waals surface area (Å²) in [6, 6.07) is 20.0. The van der Waals surface area contributed by atoms with E-state index in [1.165, 1.54) is 0 Å². The van der Waals surface area contributed by atoms with Crippen LogP contribution in [-0.4, -0.2) is 10.8 Å². The van der Waals surface area contributed by atoms with Crippen molar-refractivity contribution < 1.29 is 9.21 Å². The number of rotatable bonds is 3. The van der Waals surface area contributed by atoms with E-state index >= 15 is 0 Å². The van der Waals surface area contributed by atoms with Gasteiger partial charge in [-0.15, -0.1) is 0 Å². The van der Waals surface area contributed by atoms with Crippen molar-refractivity contribution in [2.45, 2.75) is 26.4 Å². The van der Waals surface area contributed by atoms with Crippen LogP contribution in [-0.2, 0) is 6.54 Å². The Morgan fingerprint density at radius 1 is 0.958 bits per heavy atom. The first kappa shape index (κ1) is 14.8. The first-order chi connectivity index (χ1) is 11.6. The van der Waals surface area contributed by atoms with E-state index in [4.69, 9.17) is 4.42 Å². The van der Waals surface area contributed by atoms with Crippen LogP contribution in [0.25, 0.3) is 0 Å². The zero-order chi connectivity index (χ0) is 16.7. The van der Waals surface area contributed by atoms with Crippen LogP contribution >= 0.6 is 0 Å². The van der Waals surface area contributed by atoms with Gasteiger partial charge in [-0.1, -0.05) is 48.5 Å². The Morgan fingerprint density at radius 3 is 2.38 bits per heavy atom. The molecule has 120 valence electrons. The van der Waals surface area contributed by atoms with Crippen LogP contribution < -0.4 is 0 Å². The summed E-state index contributed by atoms with van der Waals surface area (Å²) in [7, 11) is 0. The maximum atomic E-state index is 13.0. The molecule has 0 N–H and O–H groups in total. The lowest BCUT2D eigenvalue weighted by molar-refractivity contribution is 0.0735. The molecular formula is C21H19NO2. The molecule has 1 atom stereocenters. The largest absolute Gasteiger partial charge is 0.466 e. The third-order valence-electron chi connectivity index (χ3n) is 4.63. The van der Waals surface area contributed by atoms with E-state index in [9.17, 15) is 4.79 Å². The van der Waals surface area contributed by atoms with Gasteiger partial charge in [0, 0.05) is 17.7 Å². The van der Waals surface area contributed by atoms with Crippen molar-refractivity contribution in [1.29, 1.82) is 0 Å². The van der Waals surface area contributed by atoms with Gasteiger partial charge in [-0.2, -0.15) is 0 Å². The van der Waals surface area contributed by atoms with Crippen LogP contribution in [0.2, 0.25) is 0 Å². The minimum absolute atomic E-state index is 0.0812. The molecule has 0 spiro atoms. The molecule has 1 amide bonds. The van der Waals surface area contributed by atoms with Crippen LogP contribution in [0.1, 0.15) is 44.6 Å². The summed E-state index contributed by atoms with van der Waals surface area (Å²) in [5.41, 5.74) is 4.04. The second-order valence-electron chi connectivity index (χ2n) is 6.28. The summed E-state index contributed by atoms with van der Waals surface area (Å²) in [6.45, 7) is 4.50. The van der Waals surface area contributed by atoms with Gasteiger partial charge in [-0.25, -0.2) is 0 Å². The molecule has 1 aromatic heterocycles. The molecule has 0 bridgehead atoms. The number of benzene rings is 2. The third kappa shape index (κ3) is 2.33. The van der Waals surface area contributed by atoms with Crippen molar-refractivity contribution in [3.8, 4) is 0 Å². The SMILES string of the molecule is Cc1cc(C2c3ccccc3C(=O)N2Cc2ccccc2)c(C)o1. The number of furan rings is 1. The number of aryl methyl sites for hydroxylation is 2. The Balaban J connectivity index is 1.82. The standard InChI is InChI=1S/C21H19NO2/c1-14-12-19(15(2)24-14)20-17-10-6-7-11-18(17)21(23)22(20)13-16-8-4-3-5-9-16/h3-12,20H,13H2,1-2H3. The van der Waals surface area contributed by atoms with Crippen molar-refractivity contribution >= 4 is 5.91 Å². The lowest BCUT2D eigenvalue weighted by Gasteiger charge is -2.25. The van der Waals surface area contributed by atoms with Gasteiger partial charge in [0.25, 0.3) is 5.91 Å². The lowest BCUT2D eigenvalue weighted by atomic mass is 9.98. The van der Waals surface area contributed by atoms with Crippen LogP contribution in [0, 0.1) is 13.8 Å². The van der Waals surface area contributed by atoms with Crippen LogP contribution in [0.5, 0.6) is 0 Å². The van der Waals surface area contributed by atoms with E-state index in [0.29, 0.717) is 6.54 Å². The molecule has 0 aliphatic carbocycles. The van der Waals surface area contributed by atoms with Crippen molar-refractivity contribution in [1.82, 2.24) is 4.90 Å². The molecule has 2 heterocycles. The predicted octanol–water partition coefficient (Wildman–Crippen LogP) is 4.64. The Hall–Kier alpha value is -2.81. The Kier molecular flexibility index (Phi) is 3.49. The molecule has 0 saturated heterocycles. The fraction of sp³-hybridized carbons (Fsp3) is 0.190. The monoisotopic (exact) mass is 317 g/mol. The zero-order valence-electron chi connectivity index (χ0n) is 13.8. The van der Waals surface area contributed by atoms with Gasteiger partial charge in [0.15, 0.2) is 0 Å². The first-order valence-electron chi connectivity index (χ1n) is 8.16. The van der Waals surface area contributed by atoms with E-state index in [2.05, 4.69) is 12.1 Å². The van der Waals surface area contributed by atoms with Gasteiger partial charge in [-0.3, -0.25) is 4.79 Å². The summed E-state index contributed by atoms with van der Waals surface area (Å²) in [4.78, 5) is 14.9. The van der Waals surface area contributed by atoms with Gasteiger partial charge < -0.3 is 9.32 Å². The van der Waals surface area contributed by atoms with E-state index in [1.54, 1.807) is 0 Å². The molecule has 3 nitrogen and oxygen atoms in total. The second-order valence-corrected chi connectivity index (χ2v) is 6.28. The third-order valence-corrected chi connectivity index (χ3v) is 4.63. The average molecular weight is 317 g/mol. The van der Waals surface area contributed by atoms with E-state index in [0.717, 1.165) is 33.8 Å². The van der Waals surface area contributed by atoms with E-state index in [1.807, 2.05) is 67.3 Å². The fourth-order valence-corrected chi connectivity index (χ4v) is 3.57. The number of nitrogens with zero attached hydrogens (tertiary/aromatic N) is 1. The van der Waals surface area contributed by atoms with Gasteiger partial charge in [0.2, 0.25) is 0 Å². The van der Waals surface area contributed by atoms with Crippen molar-refractivity contribution in [3.05, 3.63) is 94.4 Å². The quantitative estimate of drug-likeness (QED) is 0.705. The van der Waals surface area contributed by atoms with Gasteiger partial charge in [-0.05, 0) is 37.1 Å².